The monoisotopic (exact) mass is 391 g/mol. The molecule has 0 saturated heterocycles. The second kappa shape index (κ2) is 9.80. The van der Waals surface area contributed by atoms with Crippen LogP contribution in [-0.4, -0.2) is 24.6 Å². The molecule has 3 rings (SSSR count). The highest BCUT2D eigenvalue weighted by Crippen LogP contribution is 2.14. The molecule has 0 atom stereocenters. The van der Waals surface area contributed by atoms with Crippen molar-refractivity contribution in [3.05, 3.63) is 95.8 Å². The van der Waals surface area contributed by atoms with Gasteiger partial charge in [0.2, 0.25) is 0 Å². The summed E-state index contributed by atoms with van der Waals surface area (Å²) in [6.45, 7) is 0.0936. The molecular formula is C22H18FN3O3. The molecule has 0 heterocycles. The van der Waals surface area contributed by atoms with Gasteiger partial charge in [-0.25, -0.2) is 14.6 Å². The summed E-state index contributed by atoms with van der Waals surface area (Å²) in [6.07, 6.45) is 1.47. The molecule has 146 valence electrons. The van der Waals surface area contributed by atoms with Crippen LogP contribution in [0, 0.1) is 5.82 Å². The third kappa shape index (κ3) is 6.28. The molecule has 3 aromatic carbocycles. The number of amides is 1. The van der Waals surface area contributed by atoms with Crippen LogP contribution in [0.1, 0.15) is 15.9 Å². The van der Waals surface area contributed by atoms with E-state index in [1.54, 1.807) is 24.3 Å². The van der Waals surface area contributed by atoms with Crippen molar-refractivity contribution in [1.82, 2.24) is 5.43 Å². The molecule has 0 radical (unpaired) electrons. The number of rotatable bonds is 7. The summed E-state index contributed by atoms with van der Waals surface area (Å²) in [4.78, 5) is 23.8. The highest BCUT2D eigenvalue weighted by Gasteiger charge is 2.09. The van der Waals surface area contributed by atoms with Crippen LogP contribution in [0.4, 0.5) is 10.1 Å². The van der Waals surface area contributed by atoms with Gasteiger partial charge in [-0.1, -0.05) is 24.3 Å². The maximum Gasteiger partial charge on any atom is 0.343 e. The van der Waals surface area contributed by atoms with E-state index in [0.29, 0.717) is 11.3 Å². The van der Waals surface area contributed by atoms with Gasteiger partial charge < -0.3 is 10.1 Å². The number of carbonyl (C=O) groups excluding carboxylic acids is 2. The minimum atomic E-state index is -0.649. The highest BCUT2D eigenvalue weighted by molar-refractivity contribution is 5.91. The summed E-state index contributed by atoms with van der Waals surface area (Å²) in [6, 6.07) is 21.1. The molecule has 1 amide bonds. The van der Waals surface area contributed by atoms with E-state index in [1.165, 1.54) is 24.4 Å². The number of hydrogen-bond acceptors (Lipinski definition) is 5. The number of para-hydroxylation sites is 1. The Labute approximate surface area is 167 Å². The topological polar surface area (TPSA) is 79.8 Å². The van der Waals surface area contributed by atoms with Gasteiger partial charge in [0.25, 0.3) is 5.91 Å². The average molecular weight is 391 g/mol. The Kier molecular flexibility index (Phi) is 6.67. The van der Waals surface area contributed by atoms with Crippen molar-refractivity contribution in [2.75, 3.05) is 11.9 Å². The number of hydrogen-bond donors (Lipinski definition) is 2. The van der Waals surface area contributed by atoms with E-state index in [4.69, 9.17) is 4.74 Å². The van der Waals surface area contributed by atoms with E-state index in [1.807, 2.05) is 30.3 Å². The number of esters is 1. The molecule has 0 aliphatic carbocycles. The first-order valence-electron chi connectivity index (χ1n) is 8.79. The standard InChI is InChI=1S/C22H18FN3O3/c23-18-6-4-5-17(13-18)22(28)29-20-11-9-16(10-12-20)14-25-26-21(27)15-24-19-7-2-1-3-8-19/h1-14,24H,15H2,(H,26,27)/b25-14+. The van der Waals surface area contributed by atoms with E-state index in [2.05, 4.69) is 15.8 Å². The zero-order valence-corrected chi connectivity index (χ0v) is 15.3. The van der Waals surface area contributed by atoms with Crippen LogP contribution in [0.15, 0.2) is 84.0 Å². The van der Waals surface area contributed by atoms with E-state index < -0.39 is 11.8 Å². The number of hydrazone groups is 1. The van der Waals surface area contributed by atoms with Crippen LogP contribution in [0.3, 0.4) is 0 Å². The van der Waals surface area contributed by atoms with Crippen molar-refractivity contribution >= 4 is 23.8 Å². The molecule has 0 fully saturated rings. The Hall–Kier alpha value is -4.00. The number of nitrogens with zero attached hydrogens (tertiary/aromatic N) is 1. The first-order valence-corrected chi connectivity index (χ1v) is 8.79. The van der Waals surface area contributed by atoms with Gasteiger partial charge in [-0.2, -0.15) is 5.10 Å². The molecule has 0 bridgehead atoms. The van der Waals surface area contributed by atoms with Gasteiger partial charge in [0, 0.05) is 5.69 Å². The summed E-state index contributed by atoms with van der Waals surface area (Å²) in [5.41, 5.74) is 4.09. The van der Waals surface area contributed by atoms with Crippen molar-refractivity contribution in [1.29, 1.82) is 0 Å². The predicted molar refractivity (Wildman–Crippen MR) is 108 cm³/mol. The molecule has 0 aliphatic heterocycles. The molecule has 7 heteroatoms. The fourth-order valence-corrected chi connectivity index (χ4v) is 2.36. The Morgan fingerprint density at radius 1 is 0.966 bits per heavy atom. The van der Waals surface area contributed by atoms with Crippen molar-refractivity contribution in [3.8, 4) is 5.75 Å². The number of halogens is 1. The number of anilines is 1. The van der Waals surface area contributed by atoms with Gasteiger partial charge >= 0.3 is 5.97 Å². The molecule has 0 aromatic heterocycles. The van der Waals surface area contributed by atoms with E-state index >= 15 is 0 Å². The molecule has 0 saturated carbocycles. The van der Waals surface area contributed by atoms with Gasteiger partial charge in [0.1, 0.15) is 11.6 Å². The van der Waals surface area contributed by atoms with Crippen molar-refractivity contribution in [2.24, 2.45) is 5.10 Å². The Balaban J connectivity index is 1.47. The summed E-state index contributed by atoms with van der Waals surface area (Å²) >= 11 is 0. The number of ether oxygens (including phenoxy) is 1. The number of nitrogens with one attached hydrogen (secondary N) is 2. The summed E-state index contributed by atoms with van der Waals surface area (Å²) < 4.78 is 18.4. The molecule has 2 N–H and O–H groups in total. The highest BCUT2D eigenvalue weighted by atomic mass is 19.1. The molecule has 3 aromatic rings. The van der Waals surface area contributed by atoms with E-state index in [0.717, 1.165) is 11.8 Å². The second-order valence-corrected chi connectivity index (χ2v) is 5.98. The zero-order chi connectivity index (χ0) is 20.5. The first-order chi connectivity index (χ1) is 14.1. The van der Waals surface area contributed by atoms with E-state index in [9.17, 15) is 14.0 Å². The van der Waals surface area contributed by atoms with Gasteiger partial charge in [-0.05, 0) is 60.2 Å². The molecule has 0 unspecified atom stereocenters. The minimum absolute atomic E-state index is 0.0936. The maximum atomic E-state index is 13.2. The van der Waals surface area contributed by atoms with Gasteiger partial charge in [0.15, 0.2) is 0 Å². The summed E-state index contributed by atoms with van der Waals surface area (Å²) in [5, 5.41) is 6.87. The molecule has 0 spiro atoms. The van der Waals surface area contributed by atoms with Crippen LogP contribution in [-0.2, 0) is 4.79 Å². The largest absolute Gasteiger partial charge is 0.423 e. The van der Waals surface area contributed by atoms with Gasteiger partial charge in [-0.15, -0.1) is 0 Å². The quantitative estimate of drug-likeness (QED) is 0.279. The Morgan fingerprint density at radius 2 is 1.72 bits per heavy atom. The maximum absolute atomic E-state index is 13.2. The lowest BCUT2D eigenvalue weighted by atomic mass is 10.2. The van der Waals surface area contributed by atoms with Gasteiger partial charge in [-0.3, -0.25) is 4.79 Å². The lowest BCUT2D eigenvalue weighted by molar-refractivity contribution is -0.119. The van der Waals surface area contributed by atoms with Crippen LogP contribution >= 0.6 is 0 Å². The van der Waals surface area contributed by atoms with Gasteiger partial charge in [0.05, 0.1) is 18.3 Å². The third-order valence-corrected chi connectivity index (χ3v) is 3.78. The van der Waals surface area contributed by atoms with Crippen LogP contribution in [0.5, 0.6) is 5.75 Å². The Morgan fingerprint density at radius 3 is 2.45 bits per heavy atom. The van der Waals surface area contributed by atoms with Crippen LogP contribution < -0.4 is 15.5 Å². The van der Waals surface area contributed by atoms with Crippen molar-refractivity contribution < 1.29 is 18.7 Å². The molecule has 6 nitrogen and oxygen atoms in total. The SMILES string of the molecule is O=C(CNc1ccccc1)N/N=C/c1ccc(OC(=O)c2cccc(F)c2)cc1. The third-order valence-electron chi connectivity index (χ3n) is 3.78. The molecular weight excluding hydrogens is 373 g/mol. The lowest BCUT2D eigenvalue weighted by Gasteiger charge is -2.05. The first kappa shape index (κ1) is 19.8. The summed E-state index contributed by atoms with van der Waals surface area (Å²) in [7, 11) is 0. The predicted octanol–water partition coefficient (Wildman–Crippen LogP) is 3.61. The fraction of sp³-hybridized carbons (Fsp3) is 0.0455. The lowest BCUT2D eigenvalue weighted by Crippen LogP contribution is -2.25. The van der Waals surface area contributed by atoms with Crippen molar-refractivity contribution in [2.45, 2.75) is 0 Å². The normalized spacial score (nSPS) is 10.5. The zero-order valence-electron chi connectivity index (χ0n) is 15.3. The second-order valence-electron chi connectivity index (χ2n) is 5.98. The minimum Gasteiger partial charge on any atom is -0.423 e. The van der Waals surface area contributed by atoms with Crippen LogP contribution in [0.25, 0.3) is 0 Å². The number of benzene rings is 3. The fourth-order valence-electron chi connectivity index (χ4n) is 2.36. The van der Waals surface area contributed by atoms with Crippen LogP contribution in [0.2, 0.25) is 0 Å². The Bertz CT molecular complexity index is 1010. The number of carbonyl (C=O) groups is 2. The smallest absolute Gasteiger partial charge is 0.343 e. The molecule has 29 heavy (non-hydrogen) atoms. The van der Waals surface area contributed by atoms with Crippen molar-refractivity contribution in [3.63, 3.8) is 0 Å². The van der Waals surface area contributed by atoms with E-state index in [-0.39, 0.29) is 18.0 Å². The molecule has 0 aliphatic rings. The average Bonchev–Trinajstić information content (AvgIpc) is 2.74. The summed E-state index contributed by atoms with van der Waals surface area (Å²) in [5.74, 6) is -1.13.